The summed E-state index contributed by atoms with van der Waals surface area (Å²) in [7, 11) is 0. The van der Waals surface area contributed by atoms with Crippen LogP contribution in [0.3, 0.4) is 0 Å². The molecule has 0 bridgehead atoms. The van der Waals surface area contributed by atoms with Crippen molar-refractivity contribution in [2.75, 3.05) is 6.61 Å². The van der Waals surface area contributed by atoms with Crippen LogP contribution in [0.2, 0.25) is 5.02 Å². The Kier molecular flexibility index (Phi) is 4.39. The number of hydrogen-bond acceptors (Lipinski definition) is 2. The number of amides is 1. The van der Waals surface area contributed by atoms with Crippen LogP contribution in [-0.4, -0.2) is 23.7 Å². The summed E-state index contributed by atoms with van der Waals surface area (Å²) < 4.78 is 0. The van der Waals surface area contributed by atoms with E-state index in [0.717, 1.165) is 12.0 Å². The predicted octanol–water partition coefficient (Wildman–Crippen LogP) is 1.94. The quantitative estimate of drug-likeness (QED) is 0.818. The lowest BCUT2D eigenvalue weighted by atomic mass is 10.1. The Hall–Kier alpha value is -1.32. The lowest BCUT2D eigenvalue weighted by Gasteiger charge is -2.12. The summed E-state index contributed by atoms with van der Waals surface area (Å²) >= 11 is 5.78. The number of aliphatic hydroxyl groups excluding tert-OH is 1. The van der Waals surface area contributed by atoms with Crippen molar-refractivity contribution in [1.82, 2.24) is 5.32 Å². The van der Waals surface area contributed by atoms with E-state index >= 15 is 0 Å². The lowest BCUT2D eigenvalue weighted by Crippen LogP contribution is -2.34. The molecule has 0 unspecified atom stereocenters. The van der Waals surface area contributed by atoms with Gasteiger partial charge in [0.15, 0.2) is 0 Å². The van der Waals surface area contributed by atoms with Gasteiger partial charge < -0.3 is 10.4 Å². The Labute approximate surface area is 111 Å². The van der Waals surface area contributed by atoms with Gasteiger partial charge in [0.25, 0.3) is 0 Å². The molecule has 1 aromatic rings. The van der Waals surface area contributed by atoms with Crippen LogP contribution in [-0.2, 0) is 11.2 Å². The third kappa shape index (κ3) is 3.59. The average molecular weight is 266 g/mol. The molecule has 0 saturated carbocycles. The zero-order valence-corrected chi connectivity index (χ0v) is 10.7. The summed E-state index contributed by atoms with van der Waals surface area (Å²) in [5.74, 6) is 0.163. The molecule has 0 saturated heterocycles. The zero-order valence-electron chi connectivity index (χ0n) is 9.97. The SMILES string of the molecule is O=C(Cc1ccc(Cl)cc1)N[C@@H]1C=C[C@H](CO)C1. The van der Waals surface area contributed by atoms with Gasteiger partial charge in [-0.2, -0.15) is 0 Å². The number of carbonyl (C=O) groups is 1. The highest BCUT2D eigenvalue weighted by atomic mass is 35.5. The Morgan fingerprint density at radius 3 is 2.67 bits per heavy atom. The summed E-state index contributed by atoms with van der Waals surface area (Å²) in [5.41, 5.74) is 0.942. The molecule has 3 nitrogen and oxygen atoms in total. The molecule has 1 amide bonds. The van der Waals surface area contributed by atoms with Crippen molar-refractivity contribution in [2.45, 2.75) is 18.9 Å². The first-order valence-corrected chi connectivity index (χ1v) is 6.38. The molecule has 0 spiro atoms. The second-order valence-electron chi connectivity index (χ2n) is 4.54. The number of carbonyl (C=O) groups excluding carboxylic acids is 1. The van der Waals surface area contributed by atoms with Gasteiger partial charge >= 0.3 is 0 Å². The standard InChI is InChI=1S/C14H16ClNO2/c15-12-4-1-10(2-5-12)8-14(18)16-13-6-3-11(7-13)9-17/h1-6,11,13,17H,7-9H2,(H,16,18)/t11-,13+/m0/s1. The molecule has 4 heteroatoms. The smallest absolute Gasteiger partial charge is 0.224 e. The van der Waals surface area contributed by atoms with Gasteiger partial charge in [-0.25, -0.2) is 0 Å². The van der Waals surface area contributed by atoms with E-state index in [0.29, 0.717) is 11.4 Å². The molecule has 0 radical (unpaired) electrons. The van der Waals surface area contributed by atoms with Crippen LogP contribution in [0.5, 0.6) is 0 Å². The number of nitrogens with one attached hydrogen (secondary N) is 1. The van der Waals surface area contributed by atoms with Crippen LogP contribution in [0.15, 0.2) is 36.4 Å². The molecule has 0 heterocycles. The maximum atomic E-state index is 11.8. The van der Waals surface area contributed by atoms with Crippen molar-refractivity contribution in [3.8, 4) is 0 Å². The van der Waals surface area contributed by atoms with Gasteiger partial charge in [0.05, 0.1) is 6.42 Å². The molecule has 2 rings (SSSR count). The summed E-state index contributed by atoms with van der Waals surface area (Å²) in [6.07, 6.45) is 5.03. The summed E-state index contributed by atoms with van der Waals surface area (Å²) in [4.78, 5) is 11.8. The molecule has 18 heavy (non-hydrogen) atoms. The van der Waals surface area contributed by atoms with Gasteiger partial charge in [0.1, 0.15) is 0 Å². The van der Waals surface area contributed by atoms with E-state index in [-0.39, 0.29) is 24.5 Å². The fraction of sp³-hybridized carbons (Fsp3) is 0.357. The van der Waals surface area contributed by atoms with Crippen LogP contribution >= 0.6 is 11.6 Å². The fourth-order valence-electron chi connectivity index (χ4n) is 2.06. The van der Waals surface area contributed by atoms with Crippen LogP contribution in [0.25, 0.3) is 0 Å². The van der Waals surface area contributed by atoms with Gasteiger partial charge in [-0.1, -0.05) is 35.9 Å². The molecule has 0 aromatic heterocycles. The number of benzene rings is 1. The van der Waals surface area contributed by atoms with Crippen molar-refractivity contribution in [3.05, 3.63) is 47.0 Å². The Morgan fingerprint density at radius 1 is 1.33 bits per heavy atom. The van der Waals surface area contributed by atoms with Crippen molar-refractivity contribution in [2.24, 2.45) is 5.92 Å². The van der Waals surface area contributed by atoms with Gasteiger partial charge in [-0.15, -0.1) is 0 Å². The summed E-state index contributed by atoms with van der Waals surface area (Å²) in [6.45, 7) is 0.139. The largest absolute Gasteiger partial charge is 0.396 e. The highest BCUT2D eigenvalue weighted by Crippen LogP contribution is 2.17. The minimum Gasteiger partial charge on any atom is -0.396 e. The Bertz CT molecular complexity index is 442. The van der Waals surface area contributed by atoms with E-state index in [9.17, 15) is 4.79 Å². The summed E-state index contributed by atoms with van der Waals surface area (Å²) in [6, 6.07) is 7.30. The molecule has 1 aliphatic carbocycles. The van der Waals surface area contributed by atoms with Crippen molar-refractivity contribution >= 4 is 17.5 Å². The first kappa shape index (κ1) is 13.1. The first-order chi connectivity index (χ1) is 8.67. The second kappa shape index (κ2) is 6.03. The number of rotatable bonds is 4. The molecule has 0 fully saturated rings. The number of aliphatic hydroxyl groups is 1. The molecule has 1 aliphatic rings. The van der Waals surface area contributed by atoms with Gasteiger partial charge in [0, 0.05) is 23.6 Å². The third-order valence-corrected chi connectivity index (χ3v) is 3.28. The highest BCUT2D eigenvalue weighted by Gasteiger charge is 2.19. The van der Waals surface area contributed by atoms with Gasteiger partial charge in [0.2, 0.25) is 5.91 Å². The second-order valence-corrected chi connectivity index (χ2v) is 4.98. The number of halogens is 1. The van der Waals surface area contributed by atoms with Crippen molar-refractivity contribution in [1.29, 1.82) is 0 Å². The van der Waals surface area contributed by atoms with Crippen LogP contribution in [0.4, 0.5) is 0 Å². The highest BCUT2D eigenvalue weighted by molar-refractivity contribution is 6.30. The molecular weight excluding hydrogens is 250 g/mol. The third-order valence-electron chi connectivity index (χ3n) is 3.03. The average Bonchev–Trinajstić information content (AvgIpc) is 2.79. The topological polar surface area (TPSA) is 49.3 Å². The van der Waals surface area contributed by atoms with E-state index in [1.807, 2.05) is 24.3 Å². The maximum Gasteiger partial charge on any atom is 0.224 e. The lowest BCUT2D eigenvalue weighted by molar-refractivity contribution is -0.120. The Balaban J connectivity index is 1.82. The molecule has 0 aliphatic heterocycles. The van der Waals surface area contributed by atoms with Crippen LogP contribution in [0, 0.1) is 5.92 Å². The molecule has 2 atom stereocenters. The zero-order chi connectivity index (χ0) is 13.0. The molecule has 2 N–H and O–H groups in total. The summed E-state index contributed by atoms with van der Waals surface area (Å²) in [5, 5.41) is 12.6. The monoisotopic (exact) mass is 265 g/mol. The normalized spacial score (nSPS) is 22.1. The van der Waals surface area contributed by atoms with Crippen LogP contribution < -0.4 is 5.32 Å². The Morgan fingerprint density at radius 2 is 2.06 bits per heavy atom. The van der Waals surface area contributed by atoms with E-state index in [4.69, 9.17) is 16.7 Å². The maximum absolute atomic E-state index is 11.8. The van der Waals surface area contributed by atoms with E-state index in [1.54, 1.807) is 12.1 Å². The first-order valence-electron chi connectivity index (χ1n) is 6.00. The minimum absolute atomic E-state index is 0.00874. The van der Waals surface area contributed by atoms with Crippen molar-refractivity contribution in [3.63, 3.8) is 0 Å². The van der Waals surface area contributed by atoms with E-state index < -0.39 is 0 Å². The number of hydrogen-bond donors (Lipinski definition) is 2. The molecular formula is C14H16ClNO2. The predicted molar refractivity (Wildman–Crippen MR) is 71.4 cm³/mol. The van der Waals surface area contributed by atoms with Gasteiger partial charge in [-0.05, 0) is 24.1 Å². The van der Waals surface area contributed by atoms with Crippen LogP contribution in [0.1, 0.15) is 12.0 Å². The van der Waals surface area contributed by atoms with Gasteiger partial charge in [-0.3, -0.25) is 4.79 Å². The van der Waals surface area contributed by atoms with E-state index in [1.165, 1.54) is 0 Å². The fourth-order valence-corrected chi connectivity index (χ4v) is 2.19. The minimum atomic E-state index is -0.00874. The van der Waals surface area contributed by atoms with E-state index in [2.05, 4.69) is 5.32 Å². The molecule has 96 valence electrons. The molecule has 1 aromatic carbocycles. The van der Waals surface area contributed by atoms with Crippen molar-refractivity contribution < 1.29 is 9.90 Å².